The Hall–Kier alpha value is -2.82. The number of rotatable bonds is 6. The van der Waals surface area contributed by atoms with Gasteiger partial charge < -0.3 is 14.8 Å². The fraction of sp³-hybridized carbons (Fsp3) is 0.263. The highest BCUT2D eigenvalue weighted by molar-refractivity contribution is 5.94. The normalized spacial score (nSPS) is 11.5. The minimum Gasteiger partial charge on any atom is -0.496 e. The number of carbonyl (C=O) groups excluding carboxylic acids is 2. The zero-order valence-electron chi connectivity index (χ0n) is 14.0. The molecule has 0 aliphatic heterocycles. The van der Waals surface area contributed by atoms with Crippen LogP contribution in [0.15, 0.2) is 48.5 Å². The molecule has 2 aromatic rings. The average Bonchev–Trinajstić information content (AvgIpc) is 2.60. The largest absolute Gasteiger partial charge is 0.496 e. The molecule has 0 saturated carbocycles. The maximum absolute atomic E-state index is 12.0. The SMILES string of the molecule is COc1ccccc1C(=O)OCC(=O)NC(C)c1ccc(C)cc1. The third-order valence-electron chi connectivity index (χ3n) is 3.62. The third kappa shape index (κ3) is 4.59. The van der Waals surface area contributed by atoms with Crippen LogP contribution in [0, 0.1) is 6.92 Å². The Bertz CT molecular complexity index is 710. The monoisotopic (exact) mass is 327 g/mol. The summed E-state index contributed by atoms with van der Waals surface area (Å²) in [5.41, 5.74) is 2.44. The number of benzene rings is 2. The molecule has 0 radical (unpaired) electrons. The van der Waals surface area contributed by atoms with E-state index < -0.39 is 5.97 Å². The van der Waals surface area contributed by atoms with Gasteiger partial charge in [-0.15, -0.1) is 0 Å². The fourth-order valence-corrected chi connectivity index (χ4v) is 2.24. The number of carbonyl (C=O) groups is 2. The number of hydrogen-bond acceptors (Lipinski definition) is 4. The molecule has 5 nitrogen and oxygen atoms in total. The predicted molar refractivity (Wildman–Crippen MR) is 91.0 cm³/mol. The summed E-state index contributed by atoms with van der Waals surface area (Å²) in [6.07, 6.45) is 0. The minimum atomic E-state index is -0.592. The molecule has 0 saturated heterocycles. The molecular weight excluding hydrogens is 306 g/mol. The van der Waals surface area contributed by atoms with Crippen LogP contribution in [-0.4, -0.2) is 25.6 Å². The molecule has 0 aliphatic carbocycles. The van der Waals surface area contributed by atoms with Crippen molar-refractivity contribution in [1.29, 1.82) is 0 Å². The highest BCUT2D eigenvalue weighted by atomic mass is 16.5. The first kappa shape index (κ1) is 17.5. The first-order valence-corrected chi connectivity index (χ1v) is 7.67. The van der Waals surface area contributed by atoms with E-state index in [1.165, 1.54) is 7.11 Å². The number of nitrogens with one attached hydrogen (secondary N) is 1. The first-order chi connectivity index (χ1) is 11.5. The van der Waals surface area contributed by atoms with Crippen molar-refractivity contribution in [1.82, 2.24) is 5.32 Å². The maximum Gasteiger partial charge on any atom is 0.342 e. The number of aryl methyl sites for hydroxylation is 1. The van der Waals surface area contributed by atoms with Gasteiger partial charge in [0.2, 0.25) is 0 Å². The van der Waals surface area contributed by atoms with Crippen LogP contribution in [0.25, 0.3) is 0 Å². The van der Waals surface area contributed by atoms with Crippen molar-refractivity contribution in [3.05, 3.63) is 65.2 Å². The molecule has 0 aromatic heterocycles. The summed E-state index contributed by atoms with van der Waals surface area (Å²) >= 11 is 0. The van der Waals surface area contributed by atoms with Gasteiger partial charge >= 0.3 is 5.97 Å². The third-order valence-corrected chi connectivity index (χ3v) is 3.62. The van der Waals surface area contributed by atoms with Gasteiger partial charge in [-0.1, -0.05) is 42.0 Å². The molecule has 24 heavy (non-hydrogen) atoms. The summed E-state index contributed by atoms with van der Waals surface area (Å²) in [5.74, 6) is -0.534. The number of methoxy groups -OCH3 is 1. The molecule has 1 amide bonds. The topological polar surface area (TPSA) is 64.6 Å². The van der Waals surface area contributed by atoms with Gasteiger partial charge in [0.15, 0.2) is 6.61 Å². The van der Waals surface area contributed by atoms with Crippen molar-refractivity contribution >= 4 is 11.9 Å². The lowest BCUT2D eigenvalue weighted by atomic mass is 10.1. The number of hydrogen-bond donors (Lipinski definition) is 1. The Morgan fingerprint density at radius 2 is 1.75 bits per heavy atom. The maximum atomic E-state index is 12.0. The van der Waals surface area contributed by atoms with Crippen LogP contribution in [0.5, 0.6) is 5.75 Å². The van der Waals surface area contributed by atoms with Crippen molar-refractivity contribution < 1.29 is 19.1 Å². The van der Waals surface area contributed by atoms with Crippen molar-refractivity contribution in [2.75, 3.05) is 13.7 Å². The molecule has 0 fully saturated rings. The van der Waals surface area contributed by atoms with E-state index >= 15 is 0 Å². The zero-order chi connectivity index (χ0) is 17.5. The quantitative estimate of drug-likeness (QED) is 0.828. The molecule has 0 heterocycles. The Balaban J connectivity index is 1.88. The van der Waals surface area contributed by atoms with Crippen molar-refractivity contribution in [3.63, 3.8) is 0 Å². The van der Waals surface area contributed by atoms with E-state index in [-0.39, 0.29) is 18.6 Å². The van der Waals surface area contributed by atoms with Crippen molar-refractivity contribution in [3.8, 4) is 5.75 Å². The van der Waals surface area contributed by atoms with Crippen LogP contribution < -0.4 is 10.1 Å². The lowest BCUT2D eigenvalue weighted by Gasteiger charge is -2.15. The van der Waals surface area contributed by atoms with E-state index in [1.54, 1.807) is 24.3 Å². The van der Waals surface area contributed by atoms with E-state index in [1.807, 2.05) is 38.1 Å². The molecule has 0 spiro atoms. The van der Waals surface area contributed by atoms with E-state index in [4.69, 9.17) is 9.47 Å². The number of amides is 1. The lowest BCUT2D eigenvalue weighted by Crippen LogP contribution is -2.31. The smallest absolute Gasteiger partial charge is 0.342 e. The summed E-state index contributed by atoms with van der Waals surface area (Å²) in [5, 5.41) is 2.80. The van der Waals surface area contributed by atoms with E-state index in [0.717, 1.165) is 11.1 Å². The van der Waals surface area contributed by atoms with E-state index in [0.29, 0.717) is 11.3 Å². The van der Waals surface area contributed by atoms with Gasteiger partial charge in [0.25, 0.3) is 5.91 Å². The zero-order valence-corrected chi connectivity index (χ0v) is 14.0. The summed E-state index contributed by atoms with van der Waals surface area (Å²) in [7, 11) is 1.47. The number of esters is 1. The number of ether oxygens (including phenoxy) is 2. The van der Waals surface area contributed by atoms with Crippen LogP contribution in [0.1, 0.15) is 34.5 Å². The Morgan fingerprint density at radius 3 is 2.42 bits per heavy atom. The van der Waals surface area contributed by atoms with Gasteiger partial charge in [0.05, 0.1) is 13.2 Å². The van der Waals surface area contributed by atoms with E-state index in [9.17, 15) is 9.59 Å². The standard InChI is InChI=1S/C19H21NO4/c1-13-8-10-15(11-9-13)14(2)20-18(21)12-24-19(22)16-6-4-5-7-17(16)23-3/h4-11,14H,12H2,1-3H3,(H,20,21). The molecule has 1 atom stereocenters. The fourth-order valence-electron chi connectivity index (χ4n) is 2.24. The molecule has 1 N–H and O–H groups in total. The summed E-state index contributed by atoms with van der Waals surface area (Å²) in [6.45, 7) is 3.54. The van der Waals surface area contributed by atoms with Crippen LogP contribution in [0.2, 0.25) is 0 Å². The van der Waals surface area contributed by atoms with Crippen LogP contribution in [0.4, 0.5) is 0 Å². The van der Waals surface area contributed by atoms with Crippen LogP contribution in [0.3, 0.4) is 0 Å². The van der Waals surface area contributed by atoms with Gasteiger partial charge in [-0.2, -0.15) is 0 Å². The summed E-state index contributed by atoms with van der Waals surface area (Å²) in [4.78, 5) is 24.0. The second-order valence-corrected chi connectivity index (χ2v) is 5.48. The van der Waals surface area contributed by atoms with Crippen LogP contribution in [-0.2, 0) is 9.53 Å². The number of para-hydroxylation sites is 1. The first-order valence-electron chi connectivity index (χ1n) is 7.67. The highest BCUT2D eigenvalue weighted by Crippen LogP contribution is 2.18. The minimum absolute atomic E-state index is 0.164. The lowest BCUT2D eigenvalue weighted by molar-refractivity contribution is -0.124. The molecule has 126 valence electrons. The highest BCUT2D eigenvalue weighted by Gasteiger charge is 2.16. The molecule has 0 aliphatic rings. The molecule has 0 bridgehead atoms. The van der Waals surface area contributed by atoms with E-state index in [2.05, 4.69) is 5.32 Å². The Kier molecular flexibility index (Phi) is 5.95. The second-order valence-electron chi connectivity index (χ2n) is 5.48. The van der Waals surface area contributed by atoms with Gasteiger partial charge in [-0.25, -0.2) is 4.79 Å². The van der Waals surface area contributed by atoms with Gasteiger partial charge in [0.1, 0.15) is 11.3 Å². The molecule has 2 aromatic carbocycles. The van der Waals surface area contributed by atoms with Gasteiger partial charge in [-0.05, 0) is 31.5 Å². The summed E-state index contributed by atoms with van der Waals surface area (Å²) < 4.78 is 10.2. The molecule has 2 rings (SSSR count). The Morgan fingerprint density at radius 1 is 1.08 bits per heavy atom. The summed E-state index contributed by atoms with van der Waals surface area (Å²) in [6, 6.07) is 14.4. The molecular formula is C19H21NO4. The van der Waals surface area contributed by atoms with Crippen LogP contribution >= 0.6 is 0 Å². The molecule has 5 heteroatoms. The Labute approximate surface area is 141 Å². The molecule has 1 unspecified atom stereocenters. The second kappa shape index (κ2) is 8.15. The average molecular weight is 327 g/mol. The van der Waals surface area contributed by atoms with Crippen molar-refractivity contribution in [2.45, 2.75) is 19.9 Å². The van der Waals surface area contributed by atoms with Gasteiger partial charge in [0, 0.05) is 0 Å². The van der Waals surface area contributed by atoms with Gasteiger partial charge in [-0.3, -0.25) is 4.79 Å². The predicted octanol–water partition coefficient (Wildman–Crippen LogP) is 3.04. The van der Waals surface area contributed by atoms with Crippen molar-refractivity contribution in [2.24, 2.45) is 0 Å².